The fourth-order valence-corrected chi connectivity index (χ4v) is 3.60. The molecule has 0 radical (unpaired) electrons. The lowest BCUT2D eigenvalue weighted by Gasteiger charge is -2.26. The SMILES string of the molecule is CC(O)C(NC(=O)C(Cc1ccc(O)cc1)NC(=O)C(Cc1ccc(O)cc1)NC(=O)C(N)CS)C(=O)O. The molecule has 9 N–H and O–H groups in total. The third-order valence-electron chi connectivity index (χ3n) is 5.60. The van der Waals surface area contributed by atoms with E-state index in [1.807, 2.05) is 0 Å². The Balaban J connectivity index is 2.33. The zero-order valence-corrected chi connectivity index (χ0v) is 21.5. The monoisotopic (exact) mass is 548 g/mol. The van der Waals surface area contributed by atoms with Gasteiger partial charge in [-0.25, -0.2) is 4.79 Å². The van der Waals surface area contributed by atoms with Crippen LogP contribution in [0.2, 0.25) is 0 Å². The van der Waals surface area contributed by atoms with Crippen LogP contribution < -0.4 is 21.7 Å². The number of hydrogen-bond acceptors (Lipinski definition) is 9. The van der Waals surface area contributed by atoms with Crippen molar-refractivity contribution in [2.24, 2.45) is 5.73 Å². The highest BCUT2D eigenvalue weighted by Gasteiger charge is 2.32. The molecule has 0 bridgehead atoms. The number of thiol groups is 1. The Morgan fingerprint density at radius 2 is 1.18 bits per heavy atom. The molecule has 5 unspecified atom stereocenters. The molecule has 0 aromatic heterocycles. The van der Waals surface area contributed by atoms with Crippen molar-refractivity contribution in [1.29, 1.82) is 0 Å². The molecule has 0 aliphatic heterocycles. The van der Waals surface area contributed by atoms with Crippen molar-refractivity contribution >= 4 is 36.3 Å². The van der Waals surface area contributed by atoms with Crippen LogP contribution in [-0.2, 0) is 32.0 Å². The van der Waals surface area contributed by atoms with Crippen LogP contribution in [-0.4, -0.2) is 80.1 Å². The number of benzene rings is 2. The topological polar surface area (TPSA) is 211 Å². The van der Waals surface area contributed by atoms with E-state index in [2.05, 4.69) is 28.6 Å². The lowest BCUT2D eigenvalue weighted by molar-refractivity contribution is -0.145. The van der Waals surface area contributed by atoms with Gasteiger partial charge in [-0.2, -0.15) is 12.6 Å². The standard InChI is InChI=1S/C25H32N4O8S/c1-13(30)21(25(36)37)29-24(35)20(11-15-4-8-17(32)9-5-15)28-23(34)19(27-22(33)18(26)12-38)10-14-2-6-16(31)7-3-14/h2-9,13,18-21,30-32,38H,10-12,26H2,1H3,(H,27,33)(H,28,34)(H,29,35)(H,36,37). The molecule has 0 fully saturated rings. The van der Waals surface area contributed by atoms with Gasteiger partial charge in [0.05, 0.1) is 12.1 Å². The molecule has 0 aliphatic rings. The number of phenolic OH excluding ortho intramolecular Hbond substituents is 2. The van der Waals surface area contributed by atoms with Gasteiger partial charge in [0.25, 0.3) is 0 Å². The van der Waals surface area contributed by atoms with Gasteiger partial charge >= 0.3 is 5.97 Å². The molecule has 12 nitrogen and oxygen atoms in total. The summed E-state index contributed by atoms with van der Waals surface area (Å²) in [6.07, 6.45) is -1.54. The third kappa shape index (κ3) is 9.25. The summed E-state index contributed by atoms with van der Waals surface area (Å²) in [6.45, 7) is 1.19. The number of carboxylic acids is 1. The van der Waals surface area contributed by atoms with Crippen LogP contribution in [0.1, 0.15) is 18.1 Å². The number of aliphatic hydroxyl groups excluding tert-OH is 1. The quantitative estimate of drug-likeness (QED) is 0.141. The van der Waals surface area contributed by atoms with Gasteiger partial charge in [-0.3, -0.25) is 14.4 Å². The van der Waals surface area contributed by atoms with Crippen LogP contribution >= 0.6 is 12.6 Å². The van der Waals surface area contributed by atoms with E-state index in [1.54, 1.807) is 12.1 Å². The summed E-state index contributed by atoms with van der Waals surface area (Å²) < 4.78 is 0. The van der Waals surface area contributed by atoms with E-state index in [0.29, 0.717) is 11.1 Å². The highest BCUT2D eigenvalue weighted by Crippen LogP contribution is 2.14. The summed E-state index contributed by atoms with van der Waals surface area (Å²) in [5.41, 5.74) is 6.85. The number of amides is 3. The Labute approximate surface area is 224 Å². The number of aliphatic hydroxyl groups is 1. The normalized spacial score (nSPS) is 14.8. The Hall–Kier alpha value is -3.81. The molecule has 38 heavy (non-hydrogen) atoms. The lowest BCUT2D eigenvalue weighted by Crippen LogP contribution is -2.59. The maximum absolute atomic E-state index is 13.4. The molecular weight excluding hydrogens is 516 g/mol. The van der Waals surface area contributed by atoms with Gasteiger partial charge in [0, 0.05) is 18.6 Å². The van der Waals surface area contributed by atoms with Crippen molar-refractivity contribution in [3.8, 4) is 11.5 Å². The van der Waals surface area contributed by atoms with Crippen molar-refractivity contribution in [3.63, 3.8) is 0 Å². The van der Waals surface area contributed by atoms with E-state index in [0.717, 1.165) is 0 Å². The Morgan fingerprint density at radius 1 is 0.789 bits per heavy atom. The number of rotatable bonds is 13. The van der Waals surface area contributed by atoms with E-state index in [-0.39, 0.29) is 30.1 Å². The number of hydrogen-bond donors (Lipinski definition) is 9. The lowest BCUT2D eigenvalue weighted by atomic mass is 10.0. The van der Waals surface area contributed by atoms with Gasteiger partial charge in [0.1, 0.15) is 23.6 Å². The van der Waals surface area contributed by atoms with Crippen molar-refractivity contribution in [3.05, 3.63) is 59.7 Å². The maximum atomic E-state index is 13.4. The molecule has 3 amide bonds. The third-order valence-corrected chi connectivity index (χ3v) is 5.99. The largest absolute Gasteiger partial charge is 0.508 e. The second-order valence-electron chi connectivity index (χ2n) is 8.72. The summed E-state index contributed by atoms with van der Waals surface area (Å²) in [7, 11) is 0. The van der Waals surface area contributed by atoms with Gasteiger partial charge in [-0.15, -0.1) is 0 Å². The van der Waals surface area contributed by atoms with Crippen LogP contribution in [0, 0.1) is 0 Å². The van der Waals surface area contributed by atoms with Gasteiger partial charge in [0.2, 0.25) is 17.7 Å². The van der Waals surface area contributed by atoms with Crippen LogP contribution in [0.3, 0.4) is 0 Å². The van der Waals surface area contributed by atoms with Crippen molar-refractivity contribution in [2.45, 2.75) is 50.0 Å². The molecule has 5 atom stereocenters. The molecular formula is C25H32N4O8S. The molecule has 0 spiro atoms. The number of aliphatic carboxylic acids is 1. The summed E-state index contributed by atoms with van der Waals surface area (Å²) in [5, 5.41) is 45.5. The predicted molar refractivity (Wildman–Crippen MR) is 141 cm³/mol. The molecule has 2 aromatic carbocycles. The second-order valence-corrected chi connectivity index (χ2v) is 9.08. The first kappa shape index (κ1) is 30.4. The molecule has 0 aliphatic carbocycles. The number of nitrogens with two attached hydrogens (primary N) is 1. The van der Waals surface area contributed by atoms with Crippen LogP contribution in [0.15, 0.2) is 48.5 Å². The smallest absolute Gasteiger partial charge is 0.328 e. The summed E-state index contributed by atoms with van der Waals surface area (Å²) >= 11 is 4.00. The zero-order chi connectivity index (χ0) is 28.4. The molecule has 0 saturated carbocycles. The number of carbonyl (C=O) groups is 4. The Morgan fingerprint density at radius 3 is 1.55 bits per heavy atom. The highest BCUT2D eigenvalue weighted by molar-refractivity contribution is 7.80. The molecule has 2 rings (SSSR count). The number of phenols is 2. The molecule has 13 heteroatoms. The fourth-order valence-electron chi connectivity index (χ4n) is 3.43. The van der Waals surface area contributed by atoms with Crippen LogP contribution in [0.25, 0.3) is 0 Å². The first-order valence-electron chi connectivity index (χ1n) is 11.7. The van der Waals surface area contributed by atoms with Gasteiger partial charge in [-0.05, 0) is 42.3 Å². The van der Waals surface area contributed by atoms with E-state index in [9.17, 15) is 39.6 Å². The highest BCUT2D eigenvalue weighted by atomic mass is 32.1. The molecule has 0 heterocycles. The van der Waals surface area contributed by atoms with Gasteiger partial charge in [-0.1, -0.05) is 24.3 Å². The predicted octanol–water partition coefficient (Wildman–Crippen LogP) is -0.940. The van der Waals surface area contributed by atoms with E-state index in [1.165, 1.54) is 43.3 Å². The summed E-state index contributed by atoms with van der Waals surface area (Å²) in [6, 6.07) is 6.59. The number of nitrogens with one attached hydrogen (secondary N) is 3. The average molecular weight is 549 g/mol. The average Bonchev–Trinajstić information content (AvgIpc) is 2.87. The minimum Gasteiger partial charge on any atom is -0.508 e. The minimum absolute atomic E-state index is 0.00705. The van der Waals surface area contributed by atoms with E-state index in [4.69, 9.17) is 5.73 Å². The molecule has 2 aromatic rings. The summed E-state index contributed by atoms with van der Waals surface area (Å²) in [5.74, 6) is -3.77. The van der Waals surface area contributed by atoms with Crippen LogP contribution in [0.5, 0.6) is 11.5 Å². The Bertz CT molecular complexity index is 1110. The first-order chi connectivity index (χ1) is 17.9. The van der Waals surface area contributed by atoms with E-state index < -0.39 is 54.0 Å². The summed E-state index contributed by atoms with van der Waals surface area (Å²) in [4.78, 5) is 50.4. The minimum atomic E-state index is -1.64. The number of aromatic hydroxyl groups is 2. The van der Waals surface area contributed by atoms with Crippen molar-refractivity contribution in [1.82, 2.24) is 16.0 Å². The maximum Gasteiger partial charge on any atom is 0.328 e. The number of carboxylic acid groups (broad SMARTS) is 1. The second kappa shape index (κ2) is 14.2. The number of carbonyl (C=O) groups excluding carboxylic acids is 3. The molecule has 0 saturated heterocycles. The van der Waals surface area contributed by atoms with Crippen LogP contribution in [0.4, 0.5) is 0 Å². The first-order valence-corrected chi connectivity index (χ1v) is 12.3. The van der Waals surface area contributed by atoms with E-state index >= 15 is 0 Å². The fraction of sp³-hybridized carbons (Fsp3) is 0.360. The van der Waals surface area contributed by atoms with Gasteiger partial charge < -0.3 is 42.1 Å². The zero-order valence-electron chi connectivity index (χ0n) is 20.6. The van der Waals surface area contributed by atoms with Crippen molar-refractivity contribution < 1.29 is 39.6 Å². The van der Waals surface area contributed by atoms with Gasteiger partial charge in [0.15, 0.2) is 6.04 Å². The van der Waals surface area contributed by atoms with Crippen molar-refractivity contribution in [2.75, 3.05) is 5.75 Å². The molecule has 206 valence electrons. The Kier molecular flexibility index (Phi) is 11.4.